The Balaban J connectivity index is 2.53. The fraction of sp³-hybridized carbons (Fsp3) is 1.00. The summed E-state index contributed by atoms with van der Waals surface area (Å²) in [4.78, 5) is 0. The van der Waals surface area contributed by atoms with Gasteiger partial charge in [0.1, 0.15) is 0 Å². The molecule has 1 aliphatic heterocycles. The van der Waals surface area contributed by atoms with Crippen LogP contribution in [0.25, 0.3) is 0 Å². The molecule has 1 aliphatic rings. The Hall–Kier alpha value is -0.0800. The van der Waals surface area contributed by atoms with Crippen LogP contribution in [0.1, 0.15) is 33.6 Å². The van der Waals surface area contributed by atoms with Crippen LogP contribution in [-0.2, 0) is 4.74 Å². The third kappa shape index (κ3) is 2.17. The lowest BCUT2D eigenvalue weighted by Crippen LogP contribution is -2.23. The number of rotatable bonds is 0. The lowest BCUT2D eigenvalue weighted by atomic mass is 9.89. The molecular weight excluding hydrogens is 140 g/mol. The maximum Gasteiger partial charge on any atom is 0.154 e. The summed E-state index contributed by atoms with van der Waals surface area (Å²) < 4.78 is 5.35. The molecule has 0 bridgehead atoms. The van der Waals surface area contributed by atoms with Crippen LogP contribution < -0.4 is 0 Å². The molecule has 0 saturated carbocycles. The highest BCUT2D eigenvalue weighted by Gasteiger charge is 2.26. The van der Waals surface area contributed by atoms with Crippen molar-refractivity contribution in [3.63, 3.8) is 0 Å². The molecule has 0 amide bonds. The number of aliphatic hydroxyl groups is 1. The molecule has 4 atom stereocenters. The van der Waals surface area contributed by atoms with Crippen molar-refractivity contribution in [1.29, 1.82) is 0 Å². The Morgan fingerprint density at radius 2 is 1.82 bits per heavy atom. The SMILES string of the molecule is CC1CC[C@H](O)OC(C)[C@@H]1C. The minimum absolute atomic E-state index is 0.197. The van der Waals surface area contributed by atoms with Crippen molar-refractivity contribution in [2.45, 2.75) is 46.0 Å². The maximum atomic E-state index is 9.27. The molecule has 1 N–H and O–H groups in total. The molecule has 1 rings (SSSR count). The van der Waals surface area contributed by atoms with Gasteiger partial charge in [-0.25, -0.2) is 0 Å². The summed E-state index contributed by atoms with van der Waals surface area (Å²) in [6.07, 6.45) is 1.53. The first kappa shape index (κ1) is 9.01. The predicted octanol–water partition coefficient (Wildman–Crippen LogP) is 1.78. The molecule has 0 aromatic rings. The third-order valence-corrected chi connectivity index (χ3v) is 2.88. The van der Waals surface area contributed by atoms with E-state index in [2.05, 4.69) is 13.8 Å². The van der Waals surface area contributed by atoms with Crippen LogP contribution in [-0.4, -0.2) is 17.5 Å². The molecule has 0 spiro atoms. The standard InChI is InChI=1S/C9H18O2/c1-6-4-5-9(10)11-8(3)7(6)2/h6-10H,4-5H2,1-3H3/t6?,7-,8?,9-/m1/s1. The van der Waals surface area contributed by atoms with E-state index in [9.17, 15) is 5.11 Å². The van der Waals surface area contributed by atoms with E-state index in [0.29, 0.717) is 11.8 Å². The first-order valence-corrected chi connectivity index (χ1v) is 4.44. The summed E-state index contributed by atoms with van der Waals surface area (Å²) in [5.74, 6) is 1.23. The van der Waals surface area contributed by atoms with E-state index in [0.717, 1.165) is 12.8 Å². The summed E-state index contributed by atoms with van der Waals surface area (Å²) in [6, 6.07) is 0. The van der Waals surface area contributed by atoms with Gasteiger partial charge < -0.3 is 9.84 Å². The van der Waals surface area contributed by atoms with Crippen molar-refractivity contribution in [2.24, 2.45) is 11.8 Å². The van der Waals surface area contributed by atoms with Gasteiger partial charge in [-0.3, -0.25) is 0 Å². The zero-order chi connectivity index (χ0) is 8.43. The quantitative estimate of drug-likeness (QED) is 0.582. The minimum atomic E-state index is -0.530. The maximum absolute atomic E-state index is 9.27. The lowest BCUT2D eigenvalue weighted by molar-refractivity contribution is -0.136. The molecule has 2 nitrogen and oxygen atoms in total. The van der Waals surface area contributed by atoms with Crippen molar-refractivity contribution in [3.8, 4) is 0 Å². The van der Waals surface area contributed by atoms with Gasteiger partial charge in [0, 0.05) is 0 Å². The van der Waals surface area contributed by atoms with E-state index in [1.165, 1.54) is 0 Å². The Morgan fingerprint density at radius 3 is 2.45 bits per heavy atom. The summed E-state index contributed by atoms with van der Waals surface area (Å²) in [5.41, 5.74) is 0. The second-order valence-corrected chi connectivity index (χ2v) is 3.71. The Kier molecular flexibility index (Phi) is 2.90. The highest BCUT2D eigenvalue weighted by atomic mass is 16.6. The monoisotopic (exact) mass is 158 g/mol. The van der Waals surface area contributed by atoms with E-state index in [1.807, 2.05) is 6.92 Å². The molecule has 0 radical (unpaired) electrons. The Labute approximate surface area is 68.6 Å². The van der Waals surface area contributed by atoms with Crippen molar-refractivity contribution < 1.29 is 9.84 Å². The van der Waals surface area contributed by atoms with Crippen LogP contribution in [0.5, 0.6) is 0 Å². The molecule has 1 heterocycles. The molecule has 0 aromatic carbocycles. The van der Waals surface area contributed by atoms with Crippen LogP contribution in [0, 0.1) is 11.8 Å². The van der Waals surface area contributed by atoms with Crippen molar-refractivity contribution in [2.75, 3.05) is 0 Å². The second-order valence-electron chi connectivity index (χ2n) is 3.71. The Bertz CT molecular complexity index is 125. The third-order valence-electron chi connectivity index (χ3n) is 2.88. The highest BCUT2D eigenvalue weighted by molar-refractivity contribution is 4.72. The number of hydrogen-bond donors (Lipinski definition) is 1. The van der Waals surface area contributed by atoms with Gasteiger partial charge in [-0.1, -0.05) is 13.8 Å². The molecule has 2 heteroatoms. The van der Waals surface area contributed by atoms with Crippen LogP contribution >= 0.6 is 0 Å². The van der Waals surface area contributed by atoms with Gasteiger partial charge in [-0.2, -0.15) is 0 Å². The molecular formula is C9H18O2. The number of ether oxygens (including phenoxy) is 1. The van der Waals surface area contributed by atoms with E-state index in [1.54, 1.807) is 0 Å². The molecule has 11 heavy (non-hydrogen) atoms. The first-order chi connectivity index (χ1) is 5.11. The fourth-order valence-electron chi connectivity index (χ4n) is 1.57. The average Bonchev–Trinajstić information content (AvgIpc) is 2.05. The van der Waals surface area contributed by atoms with Crippen LogP contribution in [0.2, 0.25) is 0 Å². The minimum Gasteiger partial charge on any atom is -0.368 e. The zero-order valence-corrected chi connectivity index (χ0v) is 7.58. The average molecular weight is 158 g/mol. The van der Waals surface area contributed by atoms with Crippen LogP contribution in [0.4, 0.5) is 0 Å². The molecule has 1 fully saturated rings. The van der Waals surface area contributed by atoms with Gasteiger partial charge in [0.05, 0.1) is 6.10 Å². The van der Waals surface area contributed by atoms with Crippen molar-refractivity contribution in [1.82, 2.24) is 0 Å². The van der Waals surface area contributed by atoms with Crippen LogP contribution in [0.3, 0.4) is 0 Å². The molecule has 0 aliphatic carbocycles. The van der Waals surface area contributed by atoms with E-state index in [-0.39, 0.29) is 6.10 Å². The van der Waals surface area contributed by atoms with Gasteiger partial charge in [0.25, 0.3) is 0 Å². The second kappa shape index (κ2) is 3.55. The smallest absolute Gasteiger partial charge is 0.154 e. The van der Waals surface area contributed by atoms with Gasteiger partial charge in [-0.05, 0) is 31.6 Å². The Morgan fingerprint density at radius 1 is 1.18 bits per heavy atom. The normalized spacial score (nSPS) is 46.9. The summed E-state index contributed by atoms with van der Waals surface area (Å²) in [7, 11) is 0. The summed E-state index contributed by atoms with van der Waals surface area (Å²) in [5, 5.41) is 9.27. The topological polar surface area (TPSA) is 29.5 Å². The fourth-order valence-corrected chi connectivity index (χ4v) is 1.57. The van der Waals surface area contributed by atoms with Gasteiger partial charge in [-0.15, -0.1) is 0 Å². The molecule has 2 unspecified atom stereocenters. The van der Waals surface area contributed by atoms with Crippen LogP contribution in [0.15, 0.2) is 0 Å². The predicted molar refractivity (Wildman–Crippen MR) is 44.1 cm³/mol. The zero-order valence-electron chi connectivity index (χ0n) is 7.58. The first-order valence-electron chi connectivity index (χ1n) is 4.44. The van der Waals surface area contributed by atoms with E-state index < -0.39 is 6.29 Å². The molecule has 0 aromatic heterocycles. The van der Waals surface area contributed by atoms with Gasteiger partial charge in [0.2, 0.25) is 0 Å². The largest absolute Gasteiger partial charge is 0.368 e. The van der Waals surface area contributed by atoms with E-state index >= 15 is 0 Å². The van der Waals surface area contributed by atoms with Crippen molar-refractivity contribution >= 4 is 0 Å². The number of hydrogen-bond acceptors (Lipinski definition) is 2. The highest BCUT2D eigenvalue weighted by Crippen LogP contribution is 2.27. The summed E-state index contributed by atoms with van der Waals surface area (Å²) >= 11 is 0. The van der Waals surface area contributed by atoms with Gasteiger partial charge >= 0.3 is 0 Å². The van der Waals surface area contributed by atoms with E-state index in [4.69, 9.17) is 4.74 Å². The number of aliphatic hydroxyl groups excluding tert-OH is 1. The summed E-state index contributed by atoms with van der Waals surface area (Å²) in [6.45, 7) is 6.45. The molecule has 1 saturated heterocycles. The lowest BCUT2D eigenvalue weighted by Gasteiger charge is -2.22. The van der Waals surface area contributed by atoms with Gasteiger partial charge in [0.15, 0.2) is 6.29 Å². The molecule has 66 valence electrons. The van der Waals surface area contributed by atoms with Crippen molar-refractivity contribution in [3.05, 3.63) is 0 Å².